The molecular weight excluding hydrogens is 284 g/mol. The molecule has 2 aromatic rings. The predicted octanol–water partition coefficient (Wildman–Crippen LogP) is 3.03. The van der Waals surface area contributed by atoms with Gasteiger partial charge in [-0.25, -0.2) is 9.97 Å². The van der Waals surface area contributed by atoms with Crippen molar-refractivity contribution in [3.8, 4) is 0 Å². The fraction of sp³-hybridized carbons (Fsp3) is 0.400. The molecular formula is C15H20N4OS. The molecule has 0 aliphatic carbocycles. The summed E-state index contributed by atoms with van der Waals surface area (Å²) in [7, 11) is 3.56. The number of aromatic nitrogens is 2. The van der Waals surface area contributed by atoms with Gasteiger partial charge in [0.15, 0.2) is 0 Å². The lowest BCUT2D eigenvalue weighted by Gasteiger charge is -2.25. The quantitative estimate of drug-likeness (QED) is 0.943. The van der Waals surface area contributed by atoms with E-state index in [-0.39, 0.29) is 11.9 Å². The molecule has 0 spiro atoms. The maximum atomic E-state index is 12.7. The van der Waals surface area contributed by atoms with Crippen LogP contribution in [0.3, 0.4) is 0 Å². The monoisotopic (exact) mass is 304 g/mol. The number of aryl methyl sites for hydroxylation is 2. The van der Waals surface area contributed by atoms with E-state index in [1.165, 1.54) is 0 Å². The van der Waals surface area contributed by atoms with Crippen molar-refractivity contribution in [2.45, 2.75) is 26.8 Å². The molecule has 112 valence electrons. The topological polar surface area (TPSA) is 58.1 Å². The van der Waals surface area contributed by atoms with Crippen LogP contribution in [0.1, 0.15) is 38.9 Å². The van der Waals surface area contributed by atoms with Crippen molar-refractivity contribution in [2.24, 2.45) is 0 Å². The fourth-order valence-electron chi connectivity index (χ4n) is 2.26. The fourth-order valence-corrected chi connectivity index (χ4v) is 3.17. The Morgan fingerprint density at radius 2 is 2.14 bits per heavy atom. The van der Waals surface area contributed by atoms with Gasteiger partial charge in [-0.15, -0.1) is 11.3 Å². The molecule has 1 amide bonds. The summed E-state index contributed by atoms with van der Waals surface area (Å²) in [6.07, 6.45) is 1.67. The first-order chi connectivity index (χ1) is 9.95. The Bertz CT molecular complexity index is 653. The van der Waals surface area contributed by atoms with Crippen LogP contribution in [0.5, 0.6) is 0 Å². The average Bonchev–Trinajstić information content (AvgIpc) is 2.83. The highest BCUT2D eigenvalue weighted by Gasteiger charge is 2.24. The molecule has 2 aromatic heterocycles. The standard InChI is InChI=1S/C15H20N4OS/c1-9(13-10(2)21-11(3)18-13)19(5)15(20)12-7-6-8-17-14(12)16-4/h6-9H,1-5H3,(H,16,17). The molecule has 0 aliphatic rings. The highest BCUT2D eigenvalue weighted by molar-refractivity contribution is 7.11. The Morgan fingerprint density at radius 1 is 1.43 bits per heavy atom. The number of carbonyl (C=O) groups is 1. The van der Waals surface area contributed by atoms with E-state index in [1.54, 1.807) is 48.7 Å². The average molecular weight is 304 g/mol. The summed E-state index contributed by atoms with van der Waals surface area (Å²) in [6, 6.07) is 3.47. The Kier molecular flexibility index (Phi) is 4.57. The molecule has 0 saturated carbocycles. The number of thiazole rings is 1. The third kappa shape index (κ3) is 3.05. The minimum Gasteiger partial charge on any atom is -0.372 e. The van der Waals surface area contributed by atoms with Gasteiger partial charge in [0.1, 0.15) is 5.82 Å². The lowest BCUT2D eigenvalue weighted by molar-refractivity contribution is 0.0740. The largest absolute Gasteiger partial charge is 0.372 e. The molecule has 5 nitrogen and oxygen atoms in total. The van der Waals surface area contributed by atoms with Crippen molar-refractivity contribution < 1.29 is 4.79 Å². The van der Waals surface area contributed by atoms with Crippen LogP contribution in [-0.4, -0.2) is 34.9 Å². The second kappa shape index (κ2) is 6.22. The Labute approximate surface area is 129 Å². The van der Waals surface area contributed by atoms with Crippen LogP contribution in [0.15, 0.2) is 18.3 Å². The summed E-state index contributed by atoms with van der Waals surface area (Å²) < 4.78 is 0. The molecule has 0 saturated heterocycles. The van der Waals surface area contributed by atoms with Gasteiger partial charge >= 0.3 is 0 Å². The van der Waals surface area contributed by atoms with Gasteiger partial charge in [-0.1, -0.05) is 0 Å². The van der Waals surface area contributed by atoms with E-state index in [0.717, 1.165) is 15.6 Å². The predicted molar refractivity (Wildman–Crippen MR) is 85.9 cm³/mol. The third-order valence-electron chi connectivity index (χ3n) is 3.51. The second-order valence-corrected chi connectivity index (χ2v) is 6.32. The van der Waals surface area contributed by atoms with E-state index in [9.17, 15) is 4.79 Å². The lowest BCUT2D eigenvalue weighted by atomic mass is 10.1. The van der Waals surface area contributed by atoms with Gasteiger partial charge in [0, 0.05) is 25.2 Å². The van der Waals surface area contributed by atoms with Gasteiger partial charge in [-0.05, 0) is 32.9 Å². The van der Waals surface area contributed by atoms with E-state index >= 15 is 0 Å². The number of anilines is 1. The zero-order valence-electron chi connectivity index (χ0n) is 13.0. The first-order valence-corrected chi connectivity index (χ1v) is 7.61. The molecule has 0 fully saturated rings. The van der Waals surface area contributed by atoms with Crippen LogP contribution in [0.2, 0.25) is 0 Å². The number of rotatable bonds is 4. The van der Waals surface area contributed by atoms with Crippen LogP contribution in [0.4, 0.5) is 5.82 Å². The van der Waals surface area contributed by atoms with Gasteiger partial charge in [0.2, 0.25) is 0 Å². The Balaban J connectivity index is 2.28. The number of carbonyl (C=O) groups excluding carboxylic acids is 1. The van der Waals surface area contributed by atoms with Crippen molar-refractivity contribution in [1.29, 1.82) is 0 Å². The molecule has 0 radical (unpaired) electrons. The molecule has 0 bridgehead atoms. The smallest absolute Gasteiger partial charge is 0.257 e. The van der Waals surface area contributed by atoms with Crippen LogP contribution in [0.25, 0.3) is 0 Å². The van der Waals surface area contributed by atoms with Crippen molar-refractivity contribution >= 4 is 23.1 Å². The van der Waals surface area contributed by atoms with Gasteiger partial charge < -0.3 is 10.2 Å². The normalized spacial score (nSPS) is 12.0. The first kappa shape index (κ1) is 15.4. The highest BCUT2D eigenvalue weighted by Crippen LogP contribution is 2.27. The molecule has 1 atom stereocenters. The van der Waals surface area contributed by atoms with E-state index in [0.29, 0.717) is 11.4 Å². The van der Waals surface area contributed by atoms with Crippen LogP contribution in [-0.2, 0) is 0 Å². The molecule has 0 aromatic carbocycles. The molecule has 6 heteroatoms. The van der Waals surface area contributed by atoms with E-state index in [2.05, 4.69) is 15.3 Å². The lowest BCUT2D eigenvalue weighted by Crippen LogP contribution is -2.30. The van der Waals surface area contributed by atoms with E-state index in [4.69, 9.17) is 0 Å². The van der Waals surface area contributed by atoms with Crippen molar-refractivity contribution in [3.63, 3.8) is 0 Å². The SMILES string of the molecule is CNc1ncccc1C(=O)N(C)C(C)c1nc(C)sc1C. The van der Waals surface area contributed by atoms with Gasteiger partial charge in [-0.2, -0.15) is 0 Å². The third-order valence-corrected chi connectivity index (χ3v) is 4.41. The number of hydrogen-bond acceptors (Lipinski definition) is 5. The minimum absolute atomic E-state index is 0.0648. The van der Waals surface area contributed by atoms with Crippen molar-refractivity contribution in [1.82, 2.24) is 14.9 Å². The summed E-state index contributed by atoms with van der Waals surface area (Å²) in [5.74, 6) is 0.526. The van der Waals surface area contributed by atoms with Crippen LogP contribution >= 0.6 is 11.3 Å². The number of amides is 1. The Morgan fingerprint density at radius 3 is 2.71 bits per heavy atom. The number of nitrogens with one attached hydrogen (secondary N) is 1. The number of nitrogens with zero attached hydrogens (tertiary/aromatic N) is 3. The van der Waals surface area contributed by atoms with Gasteiger partial charge in [-0.3, -0.25) is 4.79 Å². The molecule has 0 aliphatic heterocycles. The molecule has 2 rings (SSSR count). The minimum atomic E-state index is -0.0765. The van der Waals surface area contributed by atoms with Gasteiger partial charge in [0.05, 0.1) is 22.3 Å². The maximum Gasteiger partial charge on any atom is 0.257 e. The highest BCUT2D eigenvalue weighted by atomic mass is 32.1. The summed E-state index contributed by atoms with van der Waals surface area (Å²) >= 11 is 1.66. The maximum absolute atomic E-state index is 12.7. The molecule has 1 unspecified atom stereocenters. The number of pyridine rings is 1. The van der Waals surface area contributed by atoms with Gasteiger partial charge in [0.25, 0.3) is 5.91 Å². The molecule has 2 heterocycles. The van der Waals surface area contributed by atoms with Crippen LogP contribution in [0, 0.1) is 13.8 Å². The first-order valence-electron chi connectivity index (χ1n) is 6.79. The van der Waals surface area contributed by atoms with Crippen molar-refractivity contribution in [3.05, 3.63) is 39.5 Å². The molecule has 21 heavy (non-hydrogen) atoms. The Hall–Kier alpha value is -1.95. The summed E-state index contributed by atoms with van der Waals surface area (Å²) in [5, 5.41) is 3.97. The van der Waals surface area contributed by atoms with Crippen molar-refractivity contribution in [2.75, 3.05) is 19.4 Å². The second-order valence-electron chi connectivity index (χ2n) is 4.92. The zero-order valence-corrected chi connectivity index (χ0v) is 13.8. The summed E-state index contributed by atoms with van der Waals surface area (Å²) in [5.41, 5.74) is 1.53. The zero-order chi connectivity index (χ0) is 15.6. The summed E-state index contributed by atoms with van der Waals surface area (Å²) in [4.78, 5) is 24.3. The number of hydrogen-bond donors (Lipinski definition) is 1. The molecule has 1 N–H and O–H groups in total. The summed E-state index contributed by atoms with van der Waals surface area (Å²) in [6.45, 7) is 6.02. The van der Waals surface area contributed by atoms with E-state index < -0.39 is 0 Å². The van der Waals surface area contributed by atoms with Crippen LogP contribution < -0.4 is 5.32 Å². The van der Waals surface area contributed by atoms with E-state index in [1.807, 2.05) is 20.8 Å².